The minimum Gasteiger partial charge on any atom is -0.313 e. The van der Waals surface area contributed by atoms with Crippen LogP contribution in [0.3, 0.4) is 0 Å². The SMILES string of the molecule is CN1C(=O)CN=C(c2ccc(C(F)(F)F)cn2)c2ccccc21. The van der Waals surface area contributed by atoms with E-state index in [0.29, 0.717) is 22.7 Å². The predicted molar refractivity (Wildman–Crippen MR) is 79.6 cm³/mol. The number of alkyl halides is 3. The smallest absolute Gasteiger partial charge is 0.313 e. The Morgan fingerprint density at radius 1 is 1.13 bits per heavy atom. The van der Waals surface area contributed by atoms with Crippen LogP contribution < -0.4 is 4.90 Å². The summed E-state index contributed by atoms with van der Waals surface area (Å²) in [5, 5.41) is 0. The van der Waals surface area contributed by atoms with Gasteiger partial charge in [0.05, 0.1) is 22.7 Å². The molecule has 1 aromatic heterocycles. The summed E-state index contributed by atoms with van der Waals surface area (Å²) in [6.45, 7) is -0.0801. The predicted octanol–water partition coefficient (Wildman–Crippen LogP) is 2.91. The Morgan fingerprint density at radius 2 is 1.87 bits per heavy atom. The first-order chi connectivity index (χ1) is 10.9. The summed E-state index contributed by atoms with van der Waals surface area (Å²) in [4.78, 5) is 21.6. The molecule has 118 valence electrons. The molecule has 3 rings (SSSR count). The molecule has 0 unspecified atom stereocenters. The maximum absolute atomic E-state index is 12.6. The van der Waals surface area contributed by atoms with Crippen LogP contribution in [0.2, 0.25) is 0 Å². The maximum atomic E-state index is 12.6. The van der Waals surface area contributed by atoms with Gasteiger partial charge in [0, 0.05) is 18.8 Å². The molecule has 0 bridgehead atoms. The number of nitrogens with zero attached hydrogens (tertiary/aromatic N) is 3. The number of amides is 1. The van der Waals surface area contributed by atoms with Gasteiger partial charge in [-0.05, 0) is 18.2 Å². The number of likely N-dealkylation sites (N-methyl/N-ethyl adjacent to an activating group) is 1. The molecule has 0 saturated carbocycles. The van der Waals surface area contributed by atoms with E-state index in [2.05, 4.69) is 9.98 Å². The van der Waals surface area contributed by atoms with E-state index < -0.39 is 11.7 Å². The van der Waals surface area contributed by atoms with Crippen molar-refractivity contribution in [3.63, 3.8) is 0 Å². The van der Waals surface area contributed by atoms with E-state index in [1.54, 1.807) is 31.3 Å². The molecule has 0 atom stereocenters. The summed E-state index contributed by atoms with van der Waals surface area (Å²) in [7, 11) is 1.64. The second-order valence-corrected chi connectivity index (χ2v) is 5.06. The van der Waals surface area contributed by atoms with E-state index >= 15 is 0 Å². The first kappa shape index (κ1) is 15.2. The third-order valence-corrected chi connectivity index (χ3v) is 3.60. The molecule has 2 aromatic rings. The summed E-state index contributed by atoms with van der Waals surface area (Å²) in [6, 6.07) is 9.33. The van der Waals surface area contributed by atoms with Crippen molar-refractivity contribution in [3.05, 3.63) is 59.4 Å². The van der Waals surface area contributed by atoms with E-state index in [9.17, 15) is 18.0 Å². The molecule has 0 N–H and O–H groups in total. The number of carbonyl (C=O) groups is 1. The van der Waals surface area contributed by atoms with Crippen molar-refractivity contribution in [2.24, 2.45) is 4.99 Å². The van der Waals surface area contributed by atoms with Crippen molar-refractivity contribution in [2.45, 2.75) is 6.18 Å². The second-order valence-electron chi connectivity index (χ2n) is 5.06. The van der Waals surface area contributed by atoms with Crippen molar-refractivity contribution < 1.29 is 18.0 Å². The number of fused-ring (bicyclic) bond motifs is 1. The lowest BCUT2D eigenvalue weighted by Gasteiger charge is -2.17. The van der Waals surface area contributed by atoms with E-state index in [-0.39, 0.29) is 12.5 Å². The lowest BCUT2D eigenvalue weighted by Crippen LogP contribution is -2.27. The quantitative estimate of drug-likeness (QED) is 0.811. The third-order valence-electron chi connectivity index (χ3n) is 3.60. The number of para-hydroxylation sites is 1. The Balaban J connectivity index is 2.09. The fourth-order valence-electron chi connectivity index (χ4n) is 2.36. The minimum atomic E-state index is -4.44. The molecule has 1 amide bonds. The molecule has 0 radical (unpaired) electrons. The first-order valence-electron chi connectivity index (χ1n) is 6.82. The number of aromatic nitrogens is 1. The zero-order chi connectivity index (χ0) is 16.6. The normalized spacial score (nSPS) is 15.0. The Hall–Kier alpha value is -2.70. The van der Waals surface area contributed by atoms with Crippen LogP contribution in [0.4, 0.5) is 18.9 Å². The zero-order valence-electron chi connectivity index (χ0n) is 12.1. The minimum absolute atomic E-state index is 0.0801. The summed E-state index contributed by atoms with van der Waals surface area (Å²) in [5.74, 6) is -0.195. The van der Waals surface area contributed by atoms with E-state index in [1.165, 1.54) is 11.0 Å². The lowest BCUT2D eigenvalue weighted by molar-refractivity contribution is -0.137. The van der Waals surface area contributed by atoms with Crippen LogP contribution >= 0.6 is 0 Å². The molecule has 23 heavy (non-hydrogen) atoms. The highest BCUT2D eigenvalue weighted by Gasteiger charge is 2.31. The van der Waals surface area contributed by atoms with Crippen LogP contribution in [0.1, 0.15) is 16.8 Å². The Bertz CT molecular complexity index is 782. The van der Waals surface area contributed by atoms with Gasteiger partial charge in [-0.3, -0.25) is 14.8 Å². The van der Waals surface area contributed by atoms with E-state index in [4.69, 9.17) is 0 Å². The van der Waals surface area contributed by atoms with E-state index in [0.717, 1.165) is 12.3 Å². The summed E-state index contributed by atoms with van der Waals surface area (Å²) in [5.41, 5.74) is 1.20. The van der Waals surface area contributed by atoms with Gasteiger partial charge >= 0.3 is 6.18 Å². The van der Waals surface area contributed by atoms with Crippen molar-refractivity contribution in [1.29, 1.82) is 0 Å². The Morgan fingerprint density at radius 3 is 2.52 bits per heavy atom. The van der Waals surface area contributed by atoms with Gasteiger partial charge in [-0.15, -0.1) is 0 Å². The molecule has 4 nitrogen and oxygen atoms in total. The second kappa shape index (κ2) is 5.49. The molecular weight excluding hydrogens is 307 g/mol. The number of hydrogen-bond acceptors (Lipinski definition) is 3. The van der Waals surface area contributed by atoms with Crippen LogP contribution in [-0.2, 0) is 11.0 Å². The van der Waals surface area contributed by atoms with Crippen LogP contribution in [0.5, 0.6) is 0 Å². The van der Waals surface area contributed by atoms with Crippen LogP contribution in [0.25, 0.3) is 0 Å². The number of benzodiazepines with no additional fused rings is 1. The monoisotopic (exact) mass is 319 g/mol. The number of rotatable bonds is 1. The van der Waals surface area contributed by atoms with Gasteiger partial charge in [-0.2, -0.15) is 13.2 Å². The Labute approximate surface area is 130 Å². The first-order valence-corrected chi connectivity index (χ1v) is 6.82. The molecule has 0 spiro atoms. The van der Waals surface area contributed by atoms with Gasteiger partial charge in [0.25, 0.3) is 0 Å². The molecule has 7 heteroatoms. The fraction of sp³-hybridized carbons (Fsp3) is 0.188. The number of aliphatic imine (C=N–C) groups is 1. The number of hydrogen-bond donors (Lipinski definition) is 0. The third kappa shape index (κ3) is 2.81. The van der Waals surface area contributed by atoms with Crippen molar-refractivity contribution in [2.75, 3.05) is 18.5 Å². The molecule has 0 aliphatic carbocycles. The molecule has 0 saturated heterocycles. The zero-order valence-corrected chi connectivity index (χ0v) is 12.1. The summed E-state index contributed by atoms with van der Waals surface area (Å²) >= 11 is 0. The number of anilines is 1. The number of benzene rings is 1. The highest BCUT2D eigenvalue weighted by Crippen LogP contribution is 2.29. The number of carbonyl (C=O) groups excluding carboxylic acids is 1. The summed E-state index contributed by atoms with van der Waals surface area (Å²) < 4.78 is 37.9. The number of halogens is 3. The van der Waals surface area contributed by atoms with Gasteiger partial charge < -0.3 is 4.90 Å². The molecule has 2 heterocycles. The van der Waals surface area contributed by atoms with Gasteiger partial charge in [-0.1, -0.05) is 18.2 Å². The van der Waals surface area contributed by atoms with Crippen molar-refractivity contribution >= 4 is 17.3 Å². The van der Waals surface area contributed by atoms with Gasteiger partial charge in [0.2, 0.25) is 5.91 Å². The Kier molecular flexibility index (Phi) is 3.63. The molecule has 1 aliphatic heterocycles. The fourth-order valence-corrected chi connectivity index (χ4v) is 2.36. The largest absolute Gasteiger partial charge is 0.417 e. The lowest BCUT2D eigenvalue weighted by atomic mass is 10.0. The number of pyridine rings is 1. The maximum Gasteiger partial charge on any atom is 0.417 e. The highest BCUT2D eigenvalue weighted by atomic mass is 19.4. The molecule has 0 fully saturated rings. The van der Waals surface area contributed by atoms with Crippen LogP contribution in [-0.4, -0.2) is 30.2 Å². The van der Waals surface area contributed by atoms with Gasteiger partial charge in [0.15, 0.2) is 0 Å². The molecule has 1 aliphatic rings. The van der Waals surface area contributed by atoms with Gasteiger partial charge in [0.1, 0.15) is 6.54 Å². The van der Waals surface area contributed by atoms with Gasteiger partial charge in [-0.25, -0.2) is 0 Å². The topological polar surface area (TPSA) is 45.6 Å². The summed E-state index contributed by atoms with van der Waals surface area (Å²) in [6.07, 6.45) is -3.66. The average Bonchev–Trinajstić information content (AvgIpc) is 2.65. The highest BCUT2D eigenvalue weighted by molar-refractivity contribution is 6.18. The molecular formula is C16H12F3N3O. The van der Waals surface area contributed by atoms with Crippen LogP contribution in [0.15, 0.2) is 47.6 Å². The van der Waals surface area contributed by atoms with Crippen molar-refractivity contribution in [1.82, 2.24) is 4.98 Å². The molecule has 1 aromatic carbocycles. The van der Waals surface area contributed by atoms with Crippen LogP contribution in [0, 0.1) is 0 Å². The average molecular weight is 319 g/mol. The van der Waals surface area contributed by atoms with Crippen molar-refractivity contribution in [3.8, 4) is 0 Å². The van der Waals surface area contributed by atoms with E-state index in [1.807, 2.05) is 0 Å². The standard InChI is InChI=1S/C16H12F3N3O/c1-22-13-5-3-2-4-11(13)15(21-9-14(22)23)12-7-6-10(8-20-12)16(17,18)19/h2-8H,9H2,1H3.